The fourth-order valence-corrected chi connectivity index (χ4v) is 4.35. The molecule has 0 unspecified atom stereocenters. The van der Waals surface area contributed by atoms with E-state index in [1.807, 2.05) is 12.1 Å². The van der Waals surface area contributed by atoms with E-state index in [2.05, 4.69) is 46.5 Å². The van der Waals surface area contributed by atoms with Crippen LogP contribution in [-0.4, -0.2) is 41.8 Å². The van der Waals surface area contributed by atoms with Crippen LogP contribution in [0, 0.1) is 3.57 Å². The number of hydrogen-bond acceptors (Lipinski definition) is 3. The number of benzene rings is 1. The second kappa shape index (κ2) is 13.8. The molecule has 0 spiro atoms. The average Bonchev–Trinajstić information content (AvgIpc) is 3.07. The lowest BCUT2D eigenvalue weighted by atomic mass is 10.1. The van der Waals surface area contributed by atoms with E-state index in [0.29, 0.717) is 0 Å². The van der Waals surface area contributed by atoms with Crippen LogP contribution in [0.25, 0.3) is 0 Å². The predicted molar refractivity (Wildman–Crippen MR) is 122 cm³/mol. The second-order valence-corrected chi connectivity index (χ2v) is 9.19. The Morgan fingerprint density at radius 2 is 1.56 bits per heavy atom. The monoisotopic (exact) mass is 487 g/mol. The molecule has 3 nitrogen and oxygen atoms in total. The van der Waals surface area contributed by atoms with Gasteiger partial charge in [-0.05, 0) is 59.8 Å². The molecule has 1 N–H and O–H groups in total. The van der Waals surface area contributed by atoms with Crippen LogP contribution in [0.1, 0.15) is 77.6 Å². The molecule has 0 radical (unpaired) electrons. The second-order valence-electron chi connectivity index (χ2n) is 7.94. The SMILES string of the molecule is CCCCCCCCCCCCN1C[C@@H](Oc2ccc(I)cc2)C[C@H]1CO. The van der Waals surface area contributed by atoms with E-state index in [0.717, 1.165) is 25.3 Å². The molecule has 2 atom stereocenters. The first kappa shape index (κ1) is 23.0. The molecular formula is C23H38INO2. The van der Waals surface area contributed by atoms with Crippen LogP contribution in [0.3, 0.4) is 0 Å². The molecule has 1 aliphatic heterocycles. The Balaban J connectivity index is 1.56. The zero-order chi connectivity index (χ0) is 19.3. The van der Waals surface area contributed by atoms with Crippen molar-refractivity contribution < 1.29 is 9.84 Å². The highest BCUT2D eigenvalue weighted by Crippen LogP contribution is 2.24. The molecule has 0 bridgehead atoms. The van der Waals surface area contributed by atoms with Gasteiger partial charge in [-0.25, -0.2) is 0 Å². The maximum atomic E-state index is 9.72. The number of rotatable bonds is 14. The van der Waals surface area contributed by atoms with Gasteiger partial charge in [0.25, 0.3) is 0 Å². The lowest BCUT2D eigenvalue weighted by Gasteiger charge is -2.22. The highest BCUT2D eigenvalue weighted by Gasteiger charge is 2.32. The number of halogens is 1. The van der Waals surface area contributed by atoms with Gasteiger partial charge in [-0.2, -0.15) is 0 Å². The van der Waals surface area contributed by atoms with Crippen LogP contribution in [0.2, 0.25) is 0 Å². The molecular weight excluding hydrogens is 449 g/mol. The van der Waals surface area contributed by atoms with Crippen molar-refractivity contribution in [3.05, 3.63) is 27.8 Å². The molecule has 1 heterocycles. The van der Waals surface area contributed by atoms with Crippen molar-refractivity contribution in [3.8, 4) is 5.75 Å². The summed E-state index contributed by atoms with van der Waals surface area (Å²) < 4.78 is 7.36. The van der Waals surface area contributed by atoms with Gasteiger partial charge in [0.05, 0.1) is 6.61 Å². The van der Waals surface area contributed by atoms with Crippen molar-refractivity contribution in [1.82, 2.24) is 4.90 Å². The van der Waals surface area contributed by atoms with Crippen LogP contribution >= 0.6 is 22.6 Å². The van der Waals surface area contributed by atoms with Gasteiger partial charge in [0.2, 0.25) is 0 Å². The molecule has 27 heavy (non-hydrogen) atoms. The van der Waals surface area contributed by atoms with Gasteiger partial charge in [-0.15, -0.1) is 0 Å². The Bertz CT molecular complexity index is 494. The van der Waals surface area contributed by atoms with Crippen LogP contribution in [0.15, 0.2) is 24.3 Å². The van der Waals surface area contributed by atoms with Crippen LogP contribution in [0.5, 0.6) is 5.75 Å². The third kappa shape index (κ3) is 9.14. The number of hydrogen-bond donors (Lipinski definition) is 1. The zero-order valence-corrected chi connectivity index (χ0v) is 19.2. The molecule has 1 aliphatic rings. The summed E-state index contributed by atoms with van der Waals surface area (Å²) in [4.78, 5) is 2.43. The Morgan fingerprint density at radius 3 is 2.15 bits per heavy atom. The van der Waals surface area contributed by atoms with Crippen molar-refractivity contribution in [2.45, 2.75) is 89.7 Å². The van der Waals surface area contributed by atoms with Crippen LogP contribution < -0.4 is 4.74 Å². The molecule has 2 rings (SSSR count). The van der Waals surface area contributed by atoms with Crippen LogP contribution in [0.4, 0.5) is 0 Å². The molecule has 1 saturated heterocycles. The summed E-state index contributed by atoms with van der Waals surface area (Å²) in [7, 11) is 0. The minimum absolute atomic E-state index is 0.199. The first-order valence-corrected chi connectivity index (χ1v) is 12.1. The number of ether oxygens (including phenoxy) is 1. The number of likely N-dealkylation sites (tertiary alicyclic amines) is 1. The predicted octanol–water partition coefficient (Wildman–Crippen LogP) is 6.03. The van der Waals surface area contributed by atoms with Crippen LogP contribution in [-0.2, 0) is 0 Å². The number of nitrogens with zero attached hydrogens (tertiary/aromatic N) is 1. The summed E-state index contributed by atoms with van der Waals surface area (Å²) in [6.45, 7) is 4.55. The van der Waals surface area contributed by atoms with Crippen molar-refractivity contribution >= 4 is 22.6 Å². The van der Waals surface area contributed by atoms with Crippen molar-refractivity contribution in [2.24, 2.45) is 0 Å². The molecule has 1 fully saturated rings. The fourth-order valence-electron chi connectivity index (χ4n) is 3.99. The molecule has 0 saturated carbocycles. The Labute approximate surface area is 180 Å². The fraction of sp³-hybridized carbons (Fsp3) is 0.739. The van der Waals surface area contributed by atoms with Gasteiger partial charge in [0, 0.05) is 22.6 Å². The van der Waals surface area contributed by atoms with Crippen molar-refractivity contribution in [3.63, 3.8) is 0 Å². The number of unbranched alkanes of at least 4 members (excludes halogenated alkanes) is 9. The van der Waals surface area contributed by atoms with E-state index in [4.69, 9.17) is 4.74 Å². The van der Waals surface area contributed by atoms with E-state index in [9.17, 15) is 5.11 Å². The van der Waals surface area contributed by atoms with E-state index >= 15 is 0 Å². The van der Waals surface area contributed by atoms with Gasteiger partial charge >= 0.3 is 0 Å². The maximum Gasteiger partial charge on any atom is 0.119 e. The zero-order valence-electron chi connectivity index (χ0n) is 17.0. The summed E-state index contributed by atoms with van der Waals surface area (Å²) in [5.41, 5.74) is 0. The molecule has 0 aliphatic carbocycles. The van der Waals surface area contributed by atoms with Gasteiger partial charge < -0.3 is 9.84 Å². The highest BCUT2D eigenvalue weighted by atomic mass is 127. The van der Waals surface area contributed by atoms with E-state index in [-0.39, 0.29) is 18.8 Å². The Hall–Kier alpha value is -0.330. The van der Waals surface area contributed by atoms with Gasteiger partial charge in [0.1, 0.15) is 11.9 Å². The van der Waals surface area contributed by atoms with E-state index in [1.54, 1.807) is 0 Å². The topological polar surface area (TPSA) is 32.7 Å². The van der Waals surface area contributed by atoms with Crippen molar-refractivity contribution in [2.75, 3.05) is 19.7 Å². The third-order valence-corrected chi connectivity index (χ3v) is 6.33. The van der Waals surface area contributed by atoms with Gasteiger partial charge in [-0.3, -0.25) is 4.90 Å². The summed E-state index contributed by atoms with van der Waals surface area (Å²) in [5, 5.41) is 9.72. The smallest absolute Gasteiger partial charge is 0.119 e. The molecule has 1 aromatic rings. The third-order valence-electron chi connectivity index (χ3n) is 5.62. The van der Waals surface area contributed by atoms with E-state index < -0.39 is 0 Å². The Morgan fingerprint density at radius 1 is 0.963 bits per heavy atom. The quantitative estimate of drug-likeness (QED) is 0.257. The largest absolute Gasteiger partial charge is 0.489 e. The lowest BCUT2D eigenvalue weighted by molar-refractivity contribution is 0.155. The lowest BCUT2D eigenvalue weighted by Crippen LogP contribution is -2.33. The van der Waals surface area contributed by atoms with E-state index in [1.165, 1.54) is 67.8 Å². The first-order valence-electron chi connectivity index (χ1n) is 11.0. The van der Waals surface area contributed by atoms with Crippen molar-refractivity contribution in [1.29, 1.82) is 0 Å². The molecule has 0 amide bonds. The molecule has 4 heteroatoms. The highest BCUT2D eigenvalue weighted by molar-refractivity contribution is 14.1. The first-order chi connectivity index (χ1) is 13.2. The average molecular weight is 487 g/mol. The maximum absolute atomic E-state index is 9.72. The molecule has 154 valence electrons. The summed E-state index contributed by atoms with van der Waals surface area (Å²) >= 11 is 2.31. The number of aliphatic hydroxyl groups is 1. The summed E-state index contributed by atoms with van der Waals surface area (Å²) in [6, 6.07) is 8.50. The normalized spacial score (nSPS) is 20.3. The standard InChI is InChI=1S/C23H38INO2/c1-2-3-4-5-6-7-8-9-10-11-16-25-18-23(17-21(25)19-26)27-22-14-12-20(24)13-15-22/h12-15,21,23,26H,2-11,16-19H2,1H3/t21-,23-/m0/s1. The Kier molecular flexibility index (Phi) is 11.7. The van der Waals surface area contributed by atoms with Gasteiger partial charge in [-0.1, -0.05) is 64.7 Å². The number of aliphatic hydroxyl groups excluding tert-OH is 1. The van der Waals surface area contributed by atoms with Gasteiger partial charge in [0.15, 0.2) is 0 Å². The summed E-state index contributed by atoms with van der Waals surface area (Å²) in [6.07, 6.45) is 14.8. The molecule has 1 aromatic carbocycles. The molecule has 0 aromatic heterocycles. The minimum Gasteiger partial charge on any atom is -0.489 e. The summed E-state index contributed by atoms with van der Waals surface area (Å²) in [5.74, 6) is 0.942. The minimum atomic E-state index is 0.199.